The fourth-order valence-corrected chi connectivity index (χ4v) is 0.869. The highest BCUT2D eigenvalue weighted by Crippen LogP contribution is 2.39. The molecule has 0 rings (SSSR count). The van der Waals surface area contributed by atoms with Crippen LogP contribution in [0.3, 0.4) is 0 Å². The van der Waals surface area contributed by atoms with Crippen LogP contribution < -0.4 is 0 Å². The molecule has 0 unspecified atom stereocenters. The van der Waals surface area contributed by atoms with Crippen molar-refractivity contribution in [3.05, 3.63) is 10.1 Å². The SMILES string of the molecule is O=C(O)C(Cl)=C(Cl)C(Cl)(Cl)Cl. The highest BCUT2D eigenvalue weighted by Gasteiger charge is 2.29. The number of hydrogen-bond acceptors (Lipinski definition) is 1. The van der Waals surface area contributed by atoms with Crippen molar-refractivity contribution >= 4 is 64.0 Å². The first-order chi connectivity index (χ1) is 4.76. The summed E-state index contributed by atoms with van der Waals surface area (Å²) in [5.74, 6) is -1.44. The summed E-state index contributed by atoms with van der Waals surface area (Å²) in [6.07, 6.45) is 0. The van der Waals surface area contributed by atoms with Crippen molar-refractivity contribution in [3.8, 4) is 0 Å². The van der Waals surface area contributed by atoms with Gasteiger partial charge in [-0.05, 0) is 0 Å². The van der Waals surface area contributed by atoms with Crippen LogP contribution in [0.25, 0.3) is 0 Å². The molecule has 0 aliphatic carbocycles. The molecule has 0 heterocycles. The van der Waals surface area contributed by atoms with Crippen molar-refractivity contribution in [2.45, 2.75) is 3.79 Å². The Hall–Kier alpha value is 0.660. The maximum atomic E-state index is 10.1. The summed E-state index contributed by atoms with van der Waals surface area (Å²) < 4.78 is -1.99. The number of halogens is 5. The molecule has 0 aliphatic rings. The lowest BCUT2D eigenvalue weighted by atomic mass is 10.5. The predicted molar refractivity (Wildman–Crippen MR) is 46.7 cm³/mol. The van der Waals surface area contributed by atoms with Gasteiger partial charge in [0, 0.05) is 0 Å². The fraction of sp³-hybridized carbons (Fsp3) is 0.250. The van der Waals surface area contributed by atoms with Crippen LogP contribution in [0.4, 0.5) is 0 Å². The van der Waals surface area contributed by atoms with Crippen LogP contribution in [0.2, 0.25) is 0 Å². The maximum absolute atomic E-state index is 10.1. The van der Waals surface area contributed by atoms with Crippen LogP contribution in [-0.4, -0.2) is 14.9 Å². The number of hydrogen-bond donors (Lipinski definition) is 1. The van der Waals surface area contributed by atoms with Crippen LogP contribution in [-0.2, 0) is 4.79 Å². The van der Waals surface area contributed by atoms with Gasteiger partial charge in [0.05, 0.1) is 5.03 Å². The van der Waals surface area contributed by atoms with Crippen molar-refractivity contribution in [1.29, 1.82) is 0 Å². The molecule has 0 atom stereocenters. The molecular weight excluding hydrogens is 257 g/mol. The Bertz CT molecular complexity index is 203. The van der Waals surface area contributed by atoms with Crippen LogP contribution in [0.5, 0.6) is 0 Å². The van der Waals surface area contributed by atoms with Gasteiger partial charge in [0.2, 0.25) is 3.79 Å². The van der Waals surface area contributed by atoms with Gasteiger partial charge in [0.15, 0.2) is 0 Å². The van der Waals surface area contributed by atoms with Crippen molar-refractivity contribution in [2.24, 2.45) is 0 Å². The summed E-state index contributed by atoms with van der Waals surface area (Å²) in [5, 5.41) is 7.03. The Morgan fingerprint density at radius 3 is 1.64 bits per heavy atom. The van der Waals surface area contributed by atoms with Gasteiger partial charge in [-0.3, -0.25) is 0 Å². The number of alkyl halides is 3. The smallest absolute Gasteiger partial charge is 0.348 e. The third-order valence-corrected chi connectivity index (χ3v) is 2.41. The Kier molecular flexibility index (Phi) is 4.30. The predicted octanol–water partition coefficient (Wildman–Crippen LogP) is 3.13. The van der Waals surface area contributed by atoms with Gasteiger partial charge in [0.25, 0.3) is 0 Å². The molecule has 0 amide bonds. The minimum Gasteiger partial charge on any atom is -0.477 e. The van der Waals surface area contributed by atoms with Gasteiger partial charge in [-0.1, -0.05) is 58.0 Å². The fourth-order valence-electron chi connectivity index (χ4n) is 0.218. The first-order valence-electron chi connectivity index (χ1n) is 2.12. The second-order valence-corrected chi connectivity index (χ2v) is 4.47. The van der Waals surface area contributed by atoms with Crippen molar-refractivity contribution in [3.63, 3.8) is 0 Å². The van der Waals surface area contributed by atoms with Crippen molar-refractivity contribution < 1.29 is 9.90 Å². The van der Waals surface area contributed by atoms with Gasteiger partial charge in [0.1, 0.15) is 5.03 Å². The molecule has 0 aromatic rings. The topological polar surface area (TPSA) is 37.3 Å². The zero-order valence-electron chi connectivity index (χ0n) is 4.75. The van der Waals surface area contributed by atoms with E-state index in [-0.39, 0.29) is 0 Å². The van der Waals surface area contributed by atoms with E-state index in [9.17, 15) is 4.79 Å². The molecule has 0 spiro atoms. The van der Waals surface area contributed by atoms with E-state index < -0.39 is 19.8 Å². The molecule has 0 fully saturated rings. The Morgan fingerprint density at radius 2 is 1.55 bits per heavy atom. The van der Waals surface area contributed by atoms with E-state index >= 15 is 0 Å². The zero-order chi connectivity index (χ0) is 9.23. The van der Waals surface area contributed by atoms with E-state index in [1.165, 1.54) is 0 Å². The molecular formula is C4HCl5O2. The number of carbonyl (C=O) groups is 1. The molecule has 2 nitrogen and oxygen atoms in total. The molecule has 11 heavy (non-hydrogen) atoms. The highest BCUT2D eigenvalue weighted by molar-refractivity contribution is 6.74. The summed E-state index contributed by atoms with van der Waals surface area (Å²) in [5.41, 5.74) is 0. The van der Waals surface area contributed by atoms with E-state index in [1.54, 1.807) is 0 Å². The van der Waals surface area contributed by atoms with Gasteiger partial charge in [-0.2, -0.15) is 0 Å². The van der Waals surface area contributed by atoms with Crippen molar-refractivity contribution in [2.75, 3.05) is 0 Å². The molecule has 0 aromatic carbocycles. The van der Waals surface area contributed by atoms with Gasteiger partial charge >= 0.3 is 5.97 Å². The van der Waals surface area contributed by atoms with Crippen molar-refractivity contribution in [1.82, 2.24) is 0 Å². The average Bonchev–Trinajstić information content (AvgIpc) is 1.82. The molecule has 0 aliphatic heterocycles. The molecule has 0 saturated heterocycles. The summed E-state index contributed by atoms with van der Waals surface area (Å²) in [4.78, 5) is 10.1. The number of rotatable bonds is 1. The summed E-state index contributed by atoms with van der Waals surface area (Å²) >= 11 is 26.1. The second-order valence-electron chi connectivity index (χ2n) is 1.43. The standard InChI is InChI=1S/C4HCl5O2/c5-1(3(10)11)2(6)4(7,8)9/h(H,10,11). The lowest BCUT2D eigenvalue weighted by Gasteiger charge is -2.08. The number of allylic oxidation sites excluding steroid dienone is 1. The normalized spacial score (nSPS) is 14.3. The van der Waals surface area contributed by atoms with E-state index in [1.807, 2.05) is 0 Å². The third kappa shape index (κ3) is 3.72. The van der Waals surface area contributed by atoms with Crippen LogP contribution >= 0.6 is 58.0 Å². The Balaban J connectivity index is 4.82. The average molecular weight is 258 g/mol. The largest absolute Gasteiger partial charge is 0.477 e. The summed E-state index contributed by atoms with van der Waals surface area (Å²) in [6.45, 7) is 0. The highest BCUT2D eigenvalue weighted by atomic mass is 35.6. The minimum atomic E-state index is -1.99. The number of aliphatic carboxylic acids is 1. The maximum Gasteiger partial charge on any atom is 0.348 e. The van der Waals surface area contributed by atoms with Crippen LogP contribution in [0.1, 0.15) is 0 Å². The van der Waals surface area contributed by atoms with Gasteiger partial charge in [-0.25, -0.2) is 4.79 Å². The van der Waals surface area contributed by atoms with Crippen LogP contribution in [0, 0.1) is 0 Å². The lowest BCUT2D eigenvalue weighted by molar-refractivity contribution is -0.131. The quantitative estimate of drug-likeness (QED) is 0.579. The first-order valence-corrected chi connectivity index (χ1v) is 4.01. The van der Waals surface area contributed by atoms with Gasteiger partial charge in [-0.15, -0.1) is 0 Å². The summed E-state index contributed by atoms with van der Waals surface area (Å²) in [6, 6.07) is 0. The number of carboxylic acids is 1. The van der Waals surface area contributed by atoms with E-state index in [0.29, 0.717) is 0 Å². The zero-order valence-corrected chi connectivity index (χ0v) is 8.52. The Labute approximate surface area is 87.6 Å². The molecule has 0 radical (unpaired) electrons. The second kappa shape index (κ2) is 4.06. The molecule has 0 saturated carbocycles. The van der Waals surface area contributed by atoms with Crippen LogP contribution in [0.15, 0.2) is 10.1 Å². The third-order valence-electron chi connectivity index (χ3n) is 0.629. The molecule has 7 heteroatoms. The van der Waals surface area contributed by atoms with E-state index in [0.717, 1.165) is 0 Å². The lowest BCUT2D eigenvalue weighted by Crippen LogP contribution is -2.07. The molecule has 0 aromatic heterocycles. The minimum absolute atomic E-state index is 0.531. The number of carboxylic acid groups (broad SMARTS) is 1. The summed E-state index contributed by atoms with van der Waals surface area (Å²) in [7, 11) is 0. The van der Waals surface area contributed by atoms with Gasteiger partial charge < -0.3 is 5.11 Å². The first kappa shape index (κ1) is 11.7. The molecule has 0 bridgehead atoms. The monoisotopic (exact) mass is 256 g/mol. The van der Waals surface area contributed by atoms with E-state index in [2.05, 4.69) is 0 Å². The molecule has 1 N–H and O–H groups in total. The Morgan fingerprint density at radius 1 is 1.18 bits per heavy atom. The van der Waals surface area contributed by atoms with E-state index in [4.69, 9.17) is 63.1 Å². The molecule has 64 valence electrons.